The summed E-state index contributed by atoms with van der Waals surface area (Å²) in [5.41, 5.74) is 0. The van der Waals surface area contributed by atoms with Crippen molar-refractivity contribution >= 4 is 11.8 Å². The molecule has 0 spiro atoms. The molecule has 0 aliphatic heterocycles. The largest absolute Gasteiger partial charge is 0.569 e. The van der Waals surface area contributed by atoms with Gasteiger partial charge >= 0.3 is 0 Å². The second-order valence-corrected chi connectivity index (χ2v) is 2.82. The number of hydrogen-bond acceptors (Lipinski definition) is 4. The lowest BCUT2D eigenvalue weighted by molar-refractivity contribution is -0.709. The Hall–Kier alpha value is -0.650. The third-order valence-corrected chi connectivity index (χ3v) is 1.61. The molecule has 0 aromatic rings. The van der Waals surface area contributed by atoms with Crippen molar-refractivity contribution in [1.29, 1.82) is 0 Å². The fourth-order valence-electron chi connectivity index (χ4n) is 0.643. The van der Waals surface area contributed by atoms with Gasteiger partial charge in [0.2, 0.25) is 5.28 Å². The second kappa shape index (κ2) is 7.02. The maximum atomic E-state index is 11.0. The average Bonchev–Trinajstić information content (AvgIpc) is 2.07. The van der Waals surface area contributed by atoms with Crippen molar-refractivity contribution in [3.8, 4) is 0 Å². The molecule has 12 heavy (non-hydrogen) atoms. The van der Waals surface area contributed by atoms with Crippen LogP contribution < -0.4 is 0 Å². The minimum absolute atomic E-state index is 0.403. The van der Waals surface area contributed by atoms with E-state index in [1.165, 1.54) is 16.8 Å². The maximum Gasteiger partial charge on any atom is 0.234 e. The molecular weight excluding hydrogens is 178 g/mol. The predicted molar refractivity (Wildman–Crippen MR) is 48.4 cm³/mol. The highest BCUT2D eigenvalue weighted by molar-refractivity contribution is 7.98. The van der Waals surface area contributed by atoms with Crippen LogP contribution in [0.15, 0.2) is 5.28 Å². The summed E-state index contributed by atoms with van der Waals surface area (Å²) in [4.78, 5) is 5.17. The van der Waals surface area contributed by atoms with E-state index in [0.717, 1.165) is 0 Å². The van der Waals surface area contributed by atoms with Gasteiger partial charge in [0, 0.05) is 0 Å². The predicted octanol–water partition coefficient (Wildman–Crippen LogP) is 1.46. The van der Waals surface area contributed by atoms with Crippen LogP contribution in [0.4, 0.5) is 0 Å². The molecule has 0 saturated carbocycles. The zero-order valence-electron chi connectivity index (χ0n) is 7.69. The SMILES string of the molecule is CCN(CC)/[N+]([O-])=N/OCSC. The van der Waals surface area contributed by atoms with E-state index in [0.29, 0.717) is 24.0 Å². The Labute approximate surface area is 76.9 Å². The highest BCUT2D eigenvalue weighted by Crippen LogP contribution is 1.94. The monoisotopic (exact) mass is 193 g/mol. The number of thioether (sulfide) groups is 1. The van der Waals surface area contributed by atoms with Crippen LogP contribution in [0.25, 0.3) is 0 Å². The summed E-state index contributed by atoms with van der Waals surface area (Å²) in [5.74, 6) is 0.403. The first-order valence-electron chi connectivity index (χ1n) is 3.80. The average molecular weight is 193 g/mol. The minimum Gasteiger partial charge on any atom is -0.569 e. The zero-order chi connectivity index (χ0) is 9.40. The number of nitrogens with zero attached hydrogens (tertiary/aromatic N) is 3. The van der Waals surface area contributed by atoms with Crippen LogP contribution in [0.1, 0.15) is 13.8 Å². The molecule has 0 saturated heterocycles. The van der Waals surface area contributed by atoms with E-state index in [9.17, 15) is 5.21 Å². The molecule has 0 radical (unpaired) electrons. The summed E-state index contributed by atoms with van der Waals surface area (Å²) in [6, 6.07) is 0. The molecule has 72 valence electrons. The Morgan fingerprint density at radius 2 is 2.08 bits per heavy atom. The molecule has 6 heteroatoms. The number of hydrazine groups is 1. The lowest BCUT2D eigenvalue weighted by atomic mass is 10.6. The first-order chi connectivity index (χ1) is 5.76. The van der Waals surface area contributed by atoms with E-state index < -0.39 is 0 Å². The molecule has 0 heterocycles. The van der Waals surface area contributed by atoms with Gasteiger partial charge in [0.05, 0.1) is 18.1 Å². The summed E-state index contributed by atoms with van der Waals surface area (Å²) < 4.78 is 0. The van der Waals surface area contributed by atoms with E-state index in [1.807, 2.05) is 20.1 Å². The molecule has 0 aromatic carbocycles. The van der Waals surface area contributed by atoms with Gasteiger partial charge in [-0.25, -0.2) is 0 Å². The van der Waals surface area contributed by atoms with Gasteiger partial charge in [-0.05, 0) is 20.1 Å². The zero-order valence-corrected chi connectivity index (χ0v) is 8.50. The van der Waals surface area contributed by atoms with Gasteiger partial charge in [0.25, 0.3) is 0 Å². The van der Waals surface area contributed by atoms with Crippen molar-refractivity contribution in [1.82, 2.24) is 5.01 Å². The quantitative estimate of drug-likeness (QED) is 0.211. The molecule has 0 unspecified atom stereocenters. The van der Waals surface area contributed by atoms with E-state index in [2.05, 4.69) is 10.1 Å². The van der Waals surface area contributed by atoms with Crippen molar-refractivity contribution < 1.29 is 9.81 Å². The third kappa shape index (κ3) is 4.27. The Bertz CT molecular complexity index is 139. The summed E-state index contributed by atoms with van der Waals surface area (Å²) in [6.07, 6.45) is 1.88. The molecule has 0 rings (SSSR count). The first kappa shape index (κ1) is 11.4. The van der Waals surface area contributed by atoms with Gasteiger partial charge in [-0.15, -0.1) is 16.8 Å². The molecule has 0 atom stereocenters. The molecule has 0 aliphatic carbocycles. The maximum absolute atomic E-state index is 11.0. The molecular formula is C6H15N3O2S. The van der Waals surface area contributed by atoms with Crippen molar-refractivity contribution in [2.24, 2.45) is 5.28 Å². The van der Waals surface area contributed by atoms with Gasteiger partial charge in [-0.3, -0.25) is 0 Å². The molecule has 0 fully saturated rings. The van der Waals surface area contributed by atoms with Crippen LogP contribution in [0.2, 0.25) is 0 Å². The summed E-state index contributed by atoms with van der Waals surface area (Å²) in [7, 11) is 0. The van der Waals surface area contributed by atoms with Gasteiger partial charge < -0.3 is 10.0 Å². The fraction of sp³-hybridized carbons (Fsp3) is 1.00. The van der Waals surface area contributed by atoms with E-state index in [-0.39, 0.29) is 0 Å². The van der Waals surface area contributed by atoms with Crippen molar-refractivity contribution in [3.63, 3.8) is 0 Å². The fourth-order valence-corrected chi connectivity index (χ4v) is 0.795. The smallest absolute Gasteiger partial charge is 0.234 e. The van der Waals surface area contributed by atoms with Crippen LogP contribution in [0.3, 0.4) is 0 Å². The van der Waals surface area contributed by atoms with Crippen LogP contribution in [-0.2, 0) is 4.84 Å². The second-order valence-electron chi connectivity index (χ2n) is 2.01. The first-order valence-corrected chi connectivity index (χ1v) is 5.19. The van der Waals surface area contributed by atoms with Gasteiger partial charge in [-0.2, -0.15) is 0 Å². The van der Waals surface area contributed by atoms with E-state index in [1.54, 1.807) is 0 Å². The van der Waals surface area contributed by atoms with Crippen LogP contribution in [0, 0.1) is 5.21 Å². The summed E-state index contributed by atoms with van der Waals surface area (Å²) in [5, 5.41) is 15.9. The molecule has 0 aromatic heterocycles. The van der Waals surface area contributed by atoms with Crippen molar-refractivity contribution in [2.75, 3.05) is 25.3 Å². The van der Waals surface area contributed by atoms with Gasteiger partial charge in [0.1, 0.15) is 0 Å². The number of rotatable bonds is 6. The lowest BCUT2D eigenvalue weighted by Crippen LogP contribution is -2.30. The topological polar surface area (TPSA) is 50.9 Å². The summed E-state index contributed by atoms with van der Waals surface area (Å²) >= 11 is 1.47. The Morgan fingerprint density at radius 1 is 1.50 bits per heavy atom. The molecule has 0 bridgehead atoms. The van der Waals surface area contributed by atoms with Gasteiger partial charge in [-0.1, -0.05) is 0 Å². The molecule has 0 amide bonds. The Morgan fingerprint density at radius 3 is 2.50 bits per heavy atom. The molecule has 0 N–H and O–H groups in total. The van der Waals surface area contributed by atoms with Gasteiger partial charge in [0.15, 0.2) is 5.94 Å². The van der Waals surface area contributed by atoms with Crippen LogP contribution >= 0.6 is 11.8 Å². The summed E-state index contributed by atoms with van der Waals surface area (Å²) in [6.45, 7) is 5.04. The Balaban J connectivity index is 3.79. The van der Waals surface area contributed by atoms with Crippen molar-refractivity contribution in [3.05, 3.63) is 5.21 Å². The Kier molecular flexibility index (Phi) is 6.64. The lowest BCUT2D eigenvalue weighted by Gasteiger charge is -2.12. The number of hydrogen-bond donors (Lipinski definition) is 0. The van der Waals surface area contributed by atoms with E-state index >= 15 is 0 Å². The standard InChI is InChI=1S/C6H15N3O2S/c1-4-8(5-2)9(10)7-11-6-12-3/h4-6H2,1-3H3/b9-7-. The van der Waals surface area contributed by atoms with Crippen LogP contribution in [0.5, 0.6) is 0 Å². The molecule has 5 nitrogen and oxygen atoms in total. The normalized spacial score (nSPS) is 11.4. The van der Waals surface area contributed by atoms with Crippen molar-refractivity contribution in [2.45, 2.75) is 13.8 Å². The highest BCUT2D eigenvalue weighted by atomic mass is 32.2. The van der Waals surface area contributed by atoms with E-state index in [4.69, 9.17) is 0 Å². The van der Waals surface area contributed by atoms with Crippen LogP contribution in [-0.4, -0.2) is 35.3 Å². The highest BCUT2D eigenvalue weighted by Gasteiger charge is 2.05. The third-order valence-electron chi connectivity index (χ3n) is 1.27. The molecule has 0 aliphatic rings. The minimum atomic E-state index is 0.403.